The quantitative estimate of drug-likeness (QED) is 0.165. The molecule has 33 heavy (non-hydrogen) atoms. The van der Waals surface area contributed by atoms with Gasteiger partial charge in [-0.15, -0.1) is 0 Å². The third-order valence-corrected chi connectivity index (χ3v) is 6.48. The summed E-state index contributed by atoms with van der Waals surface area (Å²) in [6, 6.07) is 21.9. The van der Waals surface area contributed by atoms with Gasteiger partial charge in [-0.1, -0.05) is 65.3 Å². The van der Waals surface area contributed by atoms with E-state index in [0.717, 1.165) is 21.8 Å². The molecule has 5 nitrogen and oxygen atoms in total. The van der Waals surface area contributed by atoms with Crippen LogP contribution in [0.3, 0.4) is 0 Å². The zero-order valence-electron chi connectivity index (χ0n) is 18.6. The maximum atomic E-state index is 12.3. The van der Waals surface area contributed by atoms with Gasteiger partial charge in [0, 0.05) is 5.02 Å². The van der Waals surface area contributed by atoms with Gasteiger partial charge in [-0.25, -0.2) is 4.98 Å². The first-order valence-corrected chi connectivity index (χ1v) is 12.0. The zero-order chi connectivity index (χ0) is 23.2. The molecule has 0 unspecified atom stereocenters. The lowest BCUT2D eigenvalue weighted by Gasteiger charge is -2.10. The minimum Gasteiger partial charge on any atom is -0.490 e. The Hall–Kier alpha value is -2.96. The van der Waals surface area contributed by atoms with E-state index in [4.69, 9.17) is 26.1 Å². The number of aryl methyl sites for hydroxylation is 2. The van der Waals surface area contributed by atoms with Crippen LogP contribution in [0.25, 0.3) is 11.0 Å². The van der Waals surface area contributed by atoms with Crippen LogP contribution in [0.1, 0.15) is 16.7 Å². The van der Waals surface area contributed by atoms with Crippen molar-refractivity contribution in [1.82, 2.24) is 9.55 Å². The highest BCUT2D eigenvalue weighted by Crippen LogP contribution is 2.26. The summed E-state index contributed by atoms with van der Waals surface area (Å²) in [4.78, 5) is 17.0. The van der Waals surface area contributed by atoms with Crippen molar-refractivity contribution < 1.29 is 14.3 Å². The fraction of sp³-hybridized carbons (Fsp3) is 0.231. The van der Waals surface area contributed by atoms with Gasteiger partial charge in [-0.2, -0.15) is 0 Å². The van der Waals surface area contributed by atoms with Crippen LogP contribution >= 0.6 is 23.4 Å². The van der Waals surface area contributed by atoms with Crippen LogP contribution in [0.4, 0.5) is 0 Å². The van der Waals surface area contributed by atoms with Crippen LogP contribution in [0, 0.1) is 13.8 Å². The number of carbonyl (C=O) groups excluding carboxylic acids is 1. The Kier molecular flexibility index (Phi) is 7.57. The van der Waals surface area contributed by atoms with E-state index in [0.29, 0.717) is 17.3 Å². The minimum absolute atomic E-state index is 0.178. The molecule has 0 saturated carbocycles. The molecular formula is C26H25ClN2O3S. The van der Waals surface area contributed by atoms with Crippen molar-refractivity contribution in [2.75, 3.05) is 19.0 Å². The van der Waals surface area contributed by atoms with Crippen molar-refractivity contribution in [2.45, 2.75) is 25.5 Å². The first kappa shape index (κ1) is 23.2. The molecule has 0 spiro atoms. The van der Waals surface area contributed by atoms with E-state index >= 15 is 0 Å². The SMILES string of the molecule is Cc1cccc(Cn2c(SCC(=O)OCCOc3ccc(Cl)c(C)c3)nc3ccccc32)c1. The summed E-state index contributed by atoms with van der Waals surface area (Å²) >= 11 is 7.41. The fourth-order valence-corrected chi connectivity index (χ4v) is 4.43. The number of benzene rings is 3. The summed E-state index contributed by atoms with van der Waals surface area (Å²) in [5.41, 5.74) is 5.30. The number of esters is 1. The second-order valence-electron chi connectivity index (χ2n) is 7.73. The number of hydrogen-bond acceptors (Lipinski definition) is 5. The summed E-state index contributed by atoms with van der Waals surface area (Å²) in [7, 11) is 0. The number of nitrogens with zero attached hydrogens (tertiary/aromatic N) is 2. The number of imidazole rings is 1. The minimum atomic E-state index is -0.301. The number of fused-ring (bicyclic) bond motifs is 1. The van der Waals surface area contributed by atoms with Gasteiger partial charge in [-0.05, 0) is 55.3 Å². The second kappa shape index (κ2) is 10.8. The maximum absolute atomic E-state index is 12.3. The van der Waals surface area contributed by atoms with Crippen molar-refractivity contribution in [3.05, 3.63) is 88.4 Å². The number of ether oxygens (including phenoxy) is 2. The van der Waals surface area contributed by atoms with Gasteiger partial charge in [0.05, 0.1) is 23.3 Å². The Labute approximate surface area is 202 Å². The Morgan fingerprint density at radius 1 is 1.03 bits per heavy atom. The van der Waals surface area contributed by atoms with Crippen LogP contribution in [0.15, 0.2) is 71.9 Å². The Balaban J connectivity index is 1.34. The van der Waals surface area contributed by atoms with Crippen LogP contribution in [-0.2, 0) is 16.1 Å². The van der Waals surface area contributed by atoms with E-state index in [1.807, 2.05) is 31.2 Å². The first-order chi connectivity index (χ1) is 16.0. The molecule has 0 amide bonds. The monoisotopic (exact) mass is 480 g/mol. The molecule has 4 rings (SSSR count). The lowest BCUT2D eigenvalue weighted by atomic mass is 10.1. The van der Waals surface area contributed by atoms with Crippen molar-refractivity contribution in [3.8, 4) is 5.75 Å². The smallest absolute Gasteiger partial charge is 0.316 e. The molecule has 0 aliphatic heterocycles. The lowest BCUT2D eigenvalue weighted by molar-refractivity contribution is -0.141. The van der Waals surface area contributed by atoms with E-state index in [9.17, 15) is 4.79 Å². The molecule has 0 bridgehead atoms. The summed E-state index contributed by atoms with van der Waals surface area (Å²) in [5.74, 6) is 0.578. The summed E-state index contributed by atoms with van der Waals surface area (Å²) < 4.78 is 13.1. The molecule has 0 radical (unpaired) electrons. The first-order valence-electron chi connectivity index (χ1n) is 10.7. The third-order valence-electron chi connectivity index (χ3n) is 5.11. The highest BCUT2D eigenvalue weighted by Gasteiger charge is 2.14. The van der Waals surface area contributed by atoms with Gasteiger partial charge in [0.15, 0.2) is 5.16 Å². The molecule has 4 aromatic rings. The highest BCUT2D eigenvalue weighted by atomic mass is 35.5. The topological polar surface area (TPSA) is 53.4 Å². The predicted octanol–water partition coefficient (Wildman–Crippen LogP) is 6.07. The van der Waals surface area contributed by atoms with Gasteiger partial charge in [0.1, 0.15) is 19.0 Å². The molecule has 1 aromatic heterocycles. The number of halogens is 1. The Bertz CT molecular complexity index is 1270. The second-order valence-corrected chi connectivity index (χ2v) is 9.08. The normalized spacial score (nSPS) is 11.0. The molecule has 0 atom stereocenters. The molecule has 3 aromatic carbocycles. The van der Waals surface area contributed by atoms with Gasteiger partial charge >= 0.3 is 5.97 Å². The van der Waals surface area contributed by atoms with Crippen molar-refractivity contribution >= 4 is 40.4 Å². The van der Waals surface area contributed by atoms with Gasteiger partial charge < -0.3 is 14.0 Å². The van der Waals surface area contributed by atoms with Gasteiger partial charge in [-0.3, -0.25) is 4.79 Å². The predicted molar refractivity (Wildman–Crippen MR) is 133 cm³/mol. The Morgan fingerprint density at radius 3 is 2.70 bits per heavy atom. The lowest BCUT2D eigenvalue weighted by Crippen LogP contribution is -2.14. The number of para-hydroxylation sites is 2. The van der Waals surface area contributed by atoms with E-state index in [1.165, 1.54) is 22.9 Å². The largest absolute Gasteiger partial charge is 0.490 e. The molecule has 170 valence electrons. The molecule has 7 heteroatoms. The van der Waals surface area contributed by atoms with Crippen LogP contribution < -0.4 is 4.74 Å². The number of aromatic nitrogens is 2. The fourth-order valence-electron chi connectivity index (χ4n) is 3.50. The third kappa shape index (κ3) is 6.09. The van der Waals surface area contributed by atoms with E-state index in [2.05, 4.69) is 41.8 Å². The van der Waals surface area contributed by atoms with E-state index in [-0.39, 0.29) is 24.9 Å². The van der Waals surface area contributed by atoms with Gasteiger partial charge in [0.25, 0.3) is 0 Å². The summed E-state index contributed by atoms with van der Waals surface area (Å²) in [6.45, 7) is 5.15. The van der Waals surface area contributed by atoms with Crippen molar-refractivity contribution in [3.63, 3.8) is 0 Å². The van der Waals surface area contributed by atoms with E-state index in [1.54, 1.807) is 12.1 Å². The van der Waals surface area contributed by atoms with Crippen molar-refractivity contribution in [2.24, 2.45) is 0 Å². The van der Waals surface area contributed by atoms with Crippen LogP contribution in [0.2, 0.25) is 5.02 Å². The molecule has 0 aliphatic carbocycles. The van der Waals surface area contributed by atoms with Crippen LogP contribution in [0.5, 0.6) is 5.75 Å². The van der Waals surface area contributed by atoms with Crippen LogP contribution in [-0.4, -0.2) is 34.5 Å². The molecule has 0 fully saturated rings. The average Bonchev–Trinajstić information content (AvgIpc) is 3.15. The zero-order valence-corrected chi connectivity index (χ0v) is 20.2. The average molecular weight is 481 g/mol. The molecular weight excluding hydrogens is 456 g/mol. The molecule has 0 N–H and O–H groups in total. The number of carbonyl (C=O) groups is 1. The summed E-state index contributed by atoms with van der Waals surface area (Å²) in [5, 5.41) is 1.49. The summed E-state index contributed by atoms with van der Waals surface area (Å²) in [6.07, 6.45) is 0. The number of hydrogen-bond donors (Lipinski definition) is 0. The van der Waals surface area contributed by atoms with E-state index < -0.39 is 0 Å². The number of rotatable bonds is 9. The standard InChI is InChI=1S/C26H25ClN2O3S/c1-18-6-5-7-20(14-18)16-29-24-9-4-3-8-23(24)28-26(29)33-17-25(30)32-13-12-31-21-10-11-22(27)19(2)15-21/h3-11,14-15H,12-13,16-17H2,1-2H3. The van der Waals surface area contributed by atoms with Gasteiger partial charge in [0.2, 0.25) is 0 Å². The molecule has 0 aliphatic rings. The van der Waals surface area contributed by atoms with Crippen molar-refractivity contribution in [1.29, 1.82) is 0 Å². The maximum Gasteiger partial charge on any atom is 0.316 e. The number of thioether (sulfide) groups is 1. The highest BCUT2D eigenvalue weighted by molar-refractivity contribution is 7.99. The Morgan fingerprint density at radius 2 is 1.88 bits per heavy atom. The molecule has 1 heterocycles. The molecule has 0 saturated heterocycles.